The van der Waals surface area contributed by atoms with Crippen molar-refractivity contribution in [3.63, 3.8) is 0 Å². The molecule has 2 aromatic heterocycles. The summed E-state index contributed by atoms with van der Waals surface area (Å²) in [6.07, 6.45) is -1.31. The number of alkyl halides is 3. The van der Waals surface area contributed by atoms with Crippen LogP contribution in [0.1, 0.15) is 12.1 Å². The Morgan fingerprint density at radius 1 is 1.22 bits per heavy atom. The van der Waals surface area contributed by atoms with E-state index in [0.29, 0.717) is 36.5 Å². The molecular formula is C24H15F3N3O5S-. The summed E-state index contributed by atoms with van der Waals surface area (Å²) in [5.41, 5.74) is -2.91. The number of aliphatic carboxylic acids is 1. The van der Waals surface area contributed by atoms with E-state index in [1.165, 1.54) is 18.2 Å². The number of hydrogen-bond acceptors (Lipinski definition) is 7. The molecule has 0 fully saturated rings. The van der Waals surface area contributed by atoms with E-state index in [-0.39, 0.29) is 17.9 Å². The maximum absolute atomic E-state index is 13.2. The van der Waals surface area contributed by atoms with Gasteiger partial charge in [-0.2, -0.15) is 17.5 Å². The van der Waals surface area contributed by atoms with Crippen molar-refractivity contribution >= 4 is 27.6 Å². The predicted molar refractivity (Wildman–Crippen MR) is 124 cm³/mol. The Morgan fingerprint density at radius 3 is 2.61 bits per heavy atom. The van der Waals surface area contributed by atoms with Crippen molar-refractivity contribution in [2.24, 2.45) is 7.05 Å². The topological polar surface area (TPSA) is 106 Å². The summed E-state index contributed by atoms with van der Waals surface area (Å²) in [5.74, 6) is 0.874. The molecule has 0 spiro atoms. The molecule has 2 heterocycles. The van der Waals surface area contributed by atoms with E-state index >= 15 is 0 Å². The normalized spacial score (nSPS) is 12.3. The number of ether oxygens (including phenoxy) is 1. The Bertz CT molecular complexity index is 1650. The fourth-order valence-corrected chi connectivity index (χ4v) is 4.36. The molecule has 0 aliphatic carbocycles. The third kappa shape index (κ3) is 4.48. The molecular weight excluding hydrogens is 499 g/mol. The van der Waals surface area contributed by atoms with Crippen LogP contribution in [-0.4, -0.2) is 25.6 Å². The van der Waals surface area contributed by atoms with Gasteiger partial charge in [-0.15, -0.1) is 12.3 Å². The minimum atomic E-state index is -4.88. The van der Waals surface area contributed by atoms with E-state index in [1.807, 2.05) is 0 Å². The molecule has 2 aromatic carbocycles. The summed E-state index contributed by atoms with van der Waals surface area (Å²) < 4.78 is 51.2. The standard InChI is InChI=1S/C24H16F3N3O5S/c1-3-6-17(22(32)33)35-16-8-5-4-7-14(16)21-15-11-13(9-10-18(15)36-28-21)30-20(31)12-19(24(25,26)27)29(2)23(30)34/h1,4-5,7-12,17H,6H2,2H3,(H,32,33)/p-1. The van der Waals surface area contributed by atoms with Gasteiger partial charge >= 0.3 is 11.9 Å². The zero-order chi connectivity index (χ0) is 26.2. The number of carbonyl (C=O) groups excluding carboxylic acids is 1. The number of rotatable bonds is 6. The molecule has 4 rings (SSSR count). The first-order valence-electron chi connectivity index (χ1n) is 10.2. The van der Waals surface area contributed by atoms with Crippen molar-refractivity contribution in [2.45, 2.75) is 18.7 Å². The van der Waals surface area contributed by atoms with Gasteiger partial charge in [-0.25, -0.2) is 9.36 Å². The maximum atomic E-state index is 13.2. The quantitative estimate of drug-likeness (QED) is 0.366. The van der Waals surface area contributed by atoms with Gasteiger partial charge in [0.1, 0.15) is 17.5 Å². The average Bonchev–Trinajstić information content (AvgIpc) is 3.24. The van der Waals surface area contributed by atoms with Gasteiger partial charge in [0.25, 0.3) is 5.56 Å². The first-order chi connectivity index (χ1) is 17.0. The Morgan fingerprint density at radius 2 is 1.94 bits per heavy atom. The lowest BCUT2D eigenvalue weighted by Crippen LogP contribution is -2.40. The molecule has 0 bridgehead atoms. The van der Waals surface area contributed by atoms with Crippen LogP contribution in [-0.2, 0) is 18.0 Å². The second kappa shape index (κ2) is 9.35. The Labute approximate surface area is 205 Å². The number of halogens is 3. The van der Waals surface area contributed by atoms with Crippen LogP contribution >= 0.6 is 11.5 Å². The molecule has 0 aliphatic rings. The summed E-state index contributed by atoms with van der Waals surface area (Å²) in [6.45, 7) is 0. The van der Waals surface area contributed by atoms with Crippen LogP contribution in [0.3, 0.4) is 0 Å². The third-order valence-electron chi connectivity index (χ3n) is 5.30. The van der Waals surface area contributed by atoms with Gasteiger partial charge < -0.3 is 14.6 Å². The number of fused-ring (bicyclic) bond motifs is 1. The van der Waals surface area contributed by atoms with E-state index < -0.39 is 35.2 Å². The highest BCUT2D eigenvalue weighted by atomic mass is 32.1. The fraction of sp³-hybridized carbons (Fsp3) is 0.167. The van der Waals surface area contributed by atoms with Gasteiger partial charge in [0.15, 0.2) is 0 Å². The minimum Gasteiger partial charge on any atom is -0.546 e. The largest absolute Gasteiger partial charge is 0.546 e. The van der Waals surface area contributed by atoms with Gasteiger partial charge in [0, 0.05) is 24.1 Å². The number of benzene rings is 2. The van der Waals surface area contributed by atoms with E-state index in [0.717, 1.165) is 18.6 Å². The van der Waals surface area contributed by atoms with E-state index in [2.05, 4.69) is 10.3 Å². The van der Waals surface area contributed by atoms with Crippen LogP contribution in [0.5, 0.6) is 5.75 Å². The molecule has 0 amide bonds. The summed E-state index contributed by atoms with van der Waals surface area (Å²) >= 11 is 1.09. The molecule has 36 heavy (non-hydrogen) atoms. The highest BCUT2D eigenvalue weighted by molar-refractivity contribution is 7.13. The van der Waals surface area contributed by atoms with Crippen molar-refractivity contribution in [1.29, 1.82) is 0 Å². The lowest BCUT2D eigenvalue weighted by Gasteiger charge is -2.19. The summed E-state index contributed by atoms with van der Waals surface area (Å²) in [4.78, 5) is 36.6. The molecule has 184 valence electrons. The van der Waals surface area contributed by atoms with Crippen LogP contribution in [0.25, 0.3) is 27.0 Å². The number of aromatic nitrogens is 3. The number of carboxylic acid groups (broad SMARTS) is 1. The zero-order valence-electron chi connectivity index (χ0n) is 18.4. The van der Waals surface area contributed by atoms with Crippen LogP contribution in [0.2, 0.25) is 0 Å². The lowest BCUT2D eigenvalue weighted by atomic mass is 10.1. The molecule has 8 nitrogen and oxygen atoms in total. The first kappa shape index (κ1) is 24.7. The SMILES string of the molecule is C#CCC(Oc1ccccc1-c1nsc2ccc(-n3c(=O)cc(C(F)(F)F)n(C)c3=O)cc12)C(=O)[O-]. The highest BCUT2D eigenvalue weighted by Crippen LogP contribution is 2.37. The number of nitrogens with zero attached hydrogens (tertiary/aromatic N) is 3. The summed E-state index contributed by atoms with van der Waals surface area (Å²) in [7, 11) is 0.925. The third-order valence-corrected chi connectivity index (χ3v) is 6.13. The smallest absolute Gasteiger partial charge is 0.431 e. The van der Waals surface area contributed by atoms with E-state index in [9.17, 15) is 32.7 Å². The second-order valence-electron chi connectivity index (χ2n) is 7.58. The Balaban J connectivity index is 1.87. The molecule has 0 N–H and O–H groups in total. The monoisotopic (exact) mass is 514 g/mol. The average molecular weight is 514 g/mol. The van der Waals surface area contributed by atoms with Crippen LogP contribution in [0, 0.1) is 12.3 Å². The molecule has 4 aromatic rings. The number of carbonyl (C=O) groups is 1. The Hall–Kier alpha value is -4.37. The van der Waals surface area contributed by atoms with E-state index in [4.69, 9.17) is 11.2 Å². The molecule has 0 saturated heterocycles. The number of hydrogen-bond donors (Lipinski definition) is 0. The minimum absolute atomic E-state index is 0.0293. The van der Waals surface area contributed by atoms with Crippen LogP contribution < -0.4 is 21.1 Å². The van der Waals surface area contributed by atoms with Gasteiger partial charge in [0.2, 0.25) is 0 Å². The van der Waals surface area contributed by atoms with Crippen molar-refractivity contribution in [3.8, 4) is 35.0 Å². The van der Waals surface area contributed by atoms with Gasteiger partial charge in [-0.05, 0) is 41.9 Å². The predicted octanol–water partition coefficient (Wildman–Crippen LogP) is 2.35. The molecule has 12 heteroatoms. The molecule has 0 radical (unpaired) electrons. The molecule has 0 aliphatic heterocycles. The summed E-state index contributed by atoms with van der Waals surface area (Å²) in [5, 5.41) is 11.9. The first-order valence-corrected chi connectivity index (χ1v) is 11.0. The van der Waals surface area contributed by atoms with E-state index in [1.54, 1.807) is 24.3 Å². The molecule has 0 saturated carbocycles. The molecule has 1 atom stereocenters. The lowest BCUT2D eigenvalue weighted by molar-refractivity contribution is -0.313. The van der Waals surface area contributed by atoms with Crippen molar-refractivity contribution in [2.75, 3.05) is 0 Å². The zero-order valence-corrected chi connectivity index (χ0v) is 19.2. The van der Waals surface area contributed by atoms with Crippen molar-refractivity contribution < 1.29 is 27.8 Å². The van der Waals surface area contributed by atoms with Crippen LogP contribution in [0.4, 0.5) is 13.2 Å². The van der Waals surface area contributed by atoms with Crippen LogP contribution in [0.15, 0.2) is 58.1 Å². The second-order valence-corrected chi connectivity index (χ2v) is 8.39. The highest BCUT2D eigenvalue weighted by Gasteiger charge is 2.35. The molecule has 1 unspecified atom stereocenters. The van der Waals surface area contributed by atoms with Gasteiger partial charge in [0.05, 0.1) is 28.5 Å². The van der Waals surface area contributed by atoms with Crippen molar-refractivity contribution in [3.05, 3.63) is 75.1 Å². The summed E-state index contributed by atoms with van der Waals surface area (Å²) in [6, 6.07) is 11.2. The van der Waals surface area contributed by atoms with Crippen molar-refractivity contribution in [1.82, 2.24) is 13.5 Å². The number of para-hydroxylation sites is 1. The fourth-order valence-electron chi connectivity index (χ4n) is 3.59. The maximum Gasteiger partial charge on any atom is 0.431 e. The van der Waals surface area contributed by atoms with Gasteiger partial charge in [-0.1, -0.05) is 12.1 Å². The number of carboxylic acids is 1. The number of terminal acetylenes is 1. The van der Waals surface area contributed by atoms with Gasteiger partial charge in [-0.3, -0.25) is 9.36 Å². The Kier molecular flexibility index (Phi) is 6.43.